The molecule has 3 aromatic rings. The van der Waals surface area contributed by atoms with Crippen molar-refractivity contribution in [3.05, 3.63) is 64.6 Å². The van der Waals surface area contributed by atoms with E-state index in [2.05, 4.69) is 48.7 Å². The zero-order valence-corrected chi connectivity index (χ0v) is 15.2. The van der Waals surface area contributed by atoms with E-state index < -0.39 is 0 Å². The number of nitrogens with zero attached hydrogens (tertiary/aromatic N) is 3. The summed E-state index contributed by atoms with van der Waals surface area (Å²) < 4.78 is 2.25. The Kier molecular flexibility index (Phi) is 5.29. The second-order valence-electron chi connectivity index (χ2n) is 6.44. The number of pyridine rings is 1. The highest BCUT2D eigenvalue weighted by atomic mass is 16.2. The van der Waals surface area contributed by atoms with Crippen molar-refractivity contribution >= 4 is 17.2 Å². The summed E-state index contributed by atoms with van der Waals surface area (Å²) in [5.74, 6) is 1.10. The Morgan fingerprint density at radius 3 is 2.56 bits per heavy atom. The summed E-state index contributed by atoms with van der Waals surface area (Å²) >= 11 is 0. The van der Waals surface area contributed by atoms with Crippen molar-refractivity contribution in [2.24, 2.45) is 0 Å². The van der Waals surface area contributed by atoms with Crippen LogP contribution in [0, 0.1) is 13.8 Å². The average molecular weight is 335 g/mol. The predicted molar refractivity (Wildman–Crippen MR) is 103 cm³/mol. The maximum absolute atomic E-state index is 8.88. The first kappa shape index (κ1) is 17.4. The highest BCUT2D eigenvalue weighted by Gasteiger charge is 2.14. The first-order chi connectivity index (χ1) is 12.1. The van der Waals surface area contributed by atoms with Crippen LogP contribution in [0.2, 0.25) is 0 Å². The van der Waals surface area contributed by atoms with Crippen molar-refractivity contribution in [3.63, 3.8) is 0 Å². The monoisotopic (exact) mass is 335 g/mol. The minimum Gasteiger partial charge on any atom is -0.392 e. The summed E-state index contributed by atoms with van der Waals surface area (Å²) in [5, 5.41) is 8.88. The molecule has 0 spiro atoms. The molecular weight excluding hydrogens is 310 g/mol. The summed E-state index contributed by atoms with van der Waals surface area (Å²) in [7, 11) is 0. The van der Waals surface area contributed by atoms with E-state index >= 15 is 0 Å². The fourth-order valence-corrected chi connectivity index (χ4v) is 3.13. The molecule has 0 aliphatic carbocycles. The molecule has 3 rings (SSSR count). The fraction of sp³-hybridized carbons (Fsp3) is 0.333. The van der Waals surface area contributed by atoms with Gasteiger partial charge in [-0.3, -0.25) is 0 Å². The van der Waals surface area contributed by atoms with Gasteiger partial charge in [0.1, 0.15) is 11.3 Å². The Bertz CT molecular complexity index is 892. The minimum absolute atomic E-state index is 0.0630. The lowest BCUT2D eigenvalue weighted by atomic mass is 10.1. The zero-order chi connectivity index (χ0) is 17.8. The molecule has 4 heteroatoms. The molecule has 130 valence electrons. The third-order valence-corrected chi connectivity index (χ3v) is 4.31. The molecule has 0 fully saturated rings. The Balaban J connectivity index is 1.99. The molecule has 0 atom stereocenters. The number of aliphatic hydroxyl groups is 1. The number of aliphatic hydroxyl groups excluding tert-OH is 1. The molecule has 0 bridgehead atoms. The number of aryl methyl sites for hydroxylation is 3. The number of hydrogen-bond donors (Lipinski definition) is 1. The van der Waals surface area contributed by atoms with Crippen molar-refractivity contribution in [1.82, 2.24) is 14.5 Å². The number of imidazole rings is 1. The lowest BCUT2D eigenvalue weighted by Gasteiger charge is -2.09. The summed E-state index contributed by atoms with van der Waals surface area (Å²) in [6, 6.07) is 10.5. The van der Waals surface area contributed by atoms with Crippen LogP contribution in [0.5, 0.6) is 0 Å². The normalized spacial score (nSPS) is 11.7. The number of fused-ring (bicyclic) bond motifs is 1. The molecule has 2 heterocycles. The smallest absolute Gasteiger partial charge is 0.160 e. The van der Waals surface area contributed by atoms with E-state index in [-0.39, 0.29) is 6.61 Å². The molecule has 0 saturated carbocycles. The Labute approximate surface area is 148 Å². The first-order valence-corrected chi connectivity index (χ1v) is 8.82. The van der Waals surface area contributed by atoms with Crippen molar-refractivity contribution in [3.8, 4) is 0 Å². The van der Waals surface area contributed by atoms with E-state index in [0.717, 1.165) is 47.6 Å². The molecule has 4 nitrogen and oxygen atoms in total. The van der Waals surface area contributed by atoms with Gasteiger partial charge in [-0.1, -0.05) is 43.3 Å². The van der Waals surface area contributed by atoms with Crippen LogP contribution in [0.3, 0.4) is 0 Å². The van der Waals surface area contributed by atoms with Gasteiger partial charge in [-0.25, -0.2) is 9.97 Å². The van der Waals surface area contributed by atoms with Gasteiger partial charge in [-0.2, -0.15) is 0 Å². The minimum atomic E-state index is 0.0630. The molecule has 0 unspecified atom stereocenters. The number of hydrogen-bond acceptors (Lipinski definition) is 3. The van der Waals surface area contributed by atoms with E-state index in [0.29, 0.717) is 0 Å². The van der Waals surface area contributed by atoms with Gasteiger partial charge in [0.25, 0.3) is 0 Å². The highest BCUT2D eigenvalue weighted by Crippen LogP contribution is 2.21. The van der Waals surface area contributed by atoms with Gasteiger partial charge in [0, 0.05) is 12.1 Å². The zero-order valence-electron chi connectivity index (χ0n) is 15.2. The van der Waals surface area contributed by atoms with Crippen LogP contribution < -0.4 is 0 Å². The molecule has 2 aromatic heterocycles. The molecule has 0 radical (unpaired) electrons. The number of rotatable bonds is 6. The van der Waals surface area contributed by atoms with Crippen LogP contribution in [0.25, 0.3) is 17.2 Å². The summed E-state index contributed by atoms with van der Waals surface area (Å²) in [6.45, 7) is 7.15. The van der Waals surface area contributed by atoms with E-state index in [1.54, 1.807) is 6.08 Å². The standard InChI is InChI=1S/C21H25N3O/c1-4-6-19-23-20-15(2)13-16(3)22-21(20)24(19)14-18-10-8-17(9-11-18)7-5-12-25/h5,7-11,13,25H,4,6,12,14H2,1-3H3/b7-5+. The van der Waals surface area contributed by atoms with E-state index in [4.69, 9.17) is 15.1 Å². The summed E-state index contributed by atoms with van der Waals surface area (Å²) in [4.78, 5) is 9.61. The second-order valence-corrected chi connectivity index (χ2v) is 6.44. The highest BCUT2D eigenvalue weighted by molar-refractivity contribution is 5.76. The van der Waals surface area contributed by atoms with Crippen molar-refractivity contribution in [2.45, 2.75) is 40.2 Å². The lowest BCUT2D eigenvalue weighted by molar-refractivity contribution is 0.343. The summed E-state index contributed by atoms with van der Waals surface area (Å²) in [5.41, 5.74) is 6.51. The Morgan fingerprint density at radius 2 is 1.88 bits per heavy atom. The summed E-state index contributed by atoms with van der Waals surface area (Å²) in [6.07, 6.45) is 5.68. The second kappa shape index (κ2) is 7.62. The first-order valence-electron chi connectivity index (χ1n) is 8.82. The maximum atomic E-state index is 8.88. The third-order valence-electron chi connectivity index (χ3n) is 4.31. The maximum Gasteiger partial charge on any atom is 0.160 e. The number of benzene rings is 1. The van der Waals surface area contributed by atoms with Gasteiger partial charge in [0.2, 0.25) is 0 Å². The predicted octanol–water partition coefficient (Wildman–Crippen LogP) is 4.05. The van der Waals surface area contributed by atoms with Gasteiger partial charge in [0.15, 0.2) is 5.65 Å². The van der Waals surface area contributed by atoms with Gasteiger partial charge >= 0.3 is 0 Å². The third kappa shape index (κ3) is 3.80. The van der Waals surface area contributed by atoms with Crippen LogP contribution in [-0.4, -0.2) is 26.2 Å². The van der Waals surface area contributed by atoms with Crippen molar-refractivity contribution in [2.75, 3.05) is 6.61 Å². The van der Waals surface area contributed by atoms with E-state index in [1.165, 1.54) is 11.1 Å². The molecule has 0 aliphatic rings. The molecule has 0 amide bonds. The largest absolute Gasteiger partial charge is 0.392 e. The molecule has 0 saturated heterocycles. The van der Waals surface area contributed by atoms with Gasteiger partial charge < -0.3 is 9.67 Å². The average Bonchev–Trinajstić information content (AvgIpc) is 2.93. The van der Waals surface area contributed by atoms with Crippen molar-refractivity contribution in [1.29, 1.82) is 0 Å². The Morgan fingerprint density at radius 1 is 1.12 bits per heavy atom. The molecule has 1 N–H and O–H groups in total. The van der Waals surface area contributed by atoms with Crippen LogP contribution in [0.1, 0.15) is 41.6 Å². The molecule has 25 heavy (non-hydrogen) atoms. The molecular formula is C21H25N3O. The lowest BCUT2D eigenvalue weighted by Crippen LogP contribution is -2.06. The van der Waals surface area contributed by atoms with Crippen LogP contribution >= 0.6 is 0 Å². The van der Waals surface area contributed by atoms with E-state index in [9.17, 15) is 0 Å². The Hall–Kier alpha value is -2.46. The van der Waals surface area contributed by atoms with Crippen LogP contribution in [0.4, 0.5) is 0 Å². The SMILES string of the molecule is CCCc1nc2c(C)cc(C)nc2n1Cc1ccc(/C=C/CO)cc1. The molecule has 0 aliphatic heterocycles. The van der Waals surface area contributed by atoms with Crippen molar-refractivity contribution < 1.29 is 5.11 Å². The van der Waals surface area contributed by atoms with Crippen LogP contribution in [-0.2, 0) is 13.0 Å². The fourth-order valence-electron chi connectivity index (χ4n) is 3.13. The van der Waals surface area contributed by atoms with Gasteiger partial charge in [-0.15, -0.1) is 0 Å². The quantitative estimate of drug-likeness (QED) is 0.739. The van der Waals surface area contributed by atoms with Gasteiger partial charge in [-0.05, 0) is 43.0 Å². The van der Waals surface area contributed by atoms with Gasteiger partial charge in [0.05, 0.1) is 13.2 Å². The number of aromatic nitrogens is 3. The van der Waals surface area contributed by atoms with Crippen LogP contribution in [0.15, 0.2) is 36.4 Å². The topological polar surface area (TPSA) is 50.9 Å². The molecule has 1 aromatic carbocycles. The van der Waals surface area contributed by atoms with E-state index in [1.807, 2.05) is 13.0 Å².